The van der Waals surface area contributed by atoms with E-state index in [4.69, 9.17) is 14.5 Å². The number of aromatic hydroxyl groups is 2. The maximum atomic E-state index is 14.6. The van der Waals surface area contributed by atoms with Gasteiger partial charge in [-0.25, -0.2) is 4.99 Å². The first-order valence-corrected chi connectivity index (χ1v) is 24.3. The molecule has 362 valence electrons. The Morgan fingerprint density at radius 2 is 1.70 bits per heavy atom. The SMILES string of the molecule is C=C(/C=C\C)CN1CCN(C(=O)CC(=O)O[C@@H]2CCCC[C@H]3Oc4c(C)c(O)c5c(O)c(c6c(c5c4C3=O)NC3(CCN(CC(C)C)CC3)N=6)=NC(=O)/C(C)=C\C=C\[C@H](C)CC[C@@H](O)C2)CC1. The van der Waals surface area contributed by atoms with Crippen LogP contribution in [0.1, 0.15) is 115 Å². The third kappa shape index (κ3) is 11.3. The van der Waals surface area contributed by atoms with E-state index in [1.54, 1.807) is 30.9 Å². The molecule has 8 rings (SSSR count). The van der Waals surface area contributed by atoms with Crippen LogP contribution in [-0.4, -0.2) is 130 Å². The molecular formula is C52H70N6O9. The average molecular weight is 923 g/mol. The summed E-state index contributed by atoms with van der Waals surface area (Å²) in [4.78, 5) is 70.9. The van der Waals surface area contributed by atoms with Crippen LogP contribution >= 0.6 is 0 Å². The summed E-state index contributed by atoms with van der Waals surface area (Å²) >= 11 is 0. The molecule has 5 bridgehead atoms. The number of piperazine rings is 1. The molecule has 4 N–H and O–H groups in total. The summed E-state index contributed by atoms with van der Waals surface area (Å²) < 4.78 is 12.3. The van der Waals surface area contributed by atoms with E-state index in [9.17, 15) is 34.5 Å². The van der Waals surface area contributed by atoms with Gasteiger partial charge in [-0.3, -0.25) is 29.1 Å². The standard InChI is InChI=1S/C52H70N6O9/c1-8-12-33(5)30-57-23-25-58(26-24-57)39(60)28-40(61)66-37-15-9-10-16-38-48(63)43-41-42(47(62)35(7)50(43)67-38)49(64)46(53-51(65)34(6)14-11-13-32(4)17-18-36(59)27-37)45-44(41)54-52(55-45)19-21-56(22-20-52)29-31(2)3/h8,11-14,31-32,36-38,54,59,62,64H,5,9-10,15-30H2,1-4,6-7H3/b12-8-,13-11+,34-14-,53-46?/t32-,36+,37+,38+/m0/s1. The minimum atomic E-state index is -0.900. The lowest BCUT2D eigenvalue weighted by Gasteiger charge is -2.38. The lowest BCUT2D eigenvalue weighted by atomic mass is 9.92. The molecule has 2 aromatic rings. The van der Waals surface area contributed by atoms with Gasteiger partial charge in [0.2, 0.25) is 11.7 Å². The molecule has 0 radical (unpaired) electrons. The molecule has 6 aliphatic heterocycles. The molecule has 0 aromatic heterocycles. The van der Waals surface area contributed by atoms with Crippen molar-refractivity contribution in [2.75, 3.05) is 57.7 Å². The third-order valence-electron chi connectivity index (χ3n) is 13.8. The first kappa shape index (κ1) is 49.5. The molecule has 0 aliphatic carbocycles. The summed E-state index contributed by atoms with van der Waals surface area (Å²) in [6.07, 6.45) is 10.8. The highest BCUT2D eigenvalue weighted by atomic mass is 16.5. The number of esters is 1. The summed E-state index contributed by atoms with van der Waals surface area (Å²) in [6.45, 7) is 21.2. The molecule has 15 heteroatoms. The number of carbonyl (C=O) groups is 4. The number of benzene rings is 2. The van der Waals surface area contributed by atoms with Crippen molar-refractivity contribution >= 4 is 40.0 Å². The molecule has 0 saturated carbocycles. The largest absolute Gasteiger partial charge is 0.507 e. The lowest BCUT2D eigenvalue weighted by Crippen LogP contribution is -2.49. The second kappa shape index (κ2) is 21.3. The van der Waals surface area contributed by atoms with Crippen molar-refractivity contribution in [2.24, 2.45) is 21.8 Å². The highest BCUT2D eigenvalue weighted by Gasteiger charge is 2.43. The van der Waals surface area contributed by atoms with Gasteiger partial charge in [0.15, 0.2) is 11.9 Å². The van der Waals surface area contributed by atoms with Crippen molar-refractivity contribution in [3.8, 4) is 17.2 Å². The zero-order valence-electron chi connectivity index (χ0n) is 40.2. The Hall–Kier alpha value is -5.38. The second-order valence-electron chi connectivity index (χ2n) is 19.8. The number of hydrogen-bond donors (Lipinski definition) is 4. The van der Waals surface area contributed by atoms with Crippen LogP contribution in [0.15, 0.2) is 58.1 Å². The zero-order chi connectivity index (χ0) is 48.2. The number of piperidine rings is 1. The molecule has 1 spiro atoms. The van der Waals surface area contributed by atoms with Crippen LogP contribution < -0.4 is 20.8 Å². The molecule has 67 heavy (non-hydrogen) atoms. The number of likely N-dealkylation sites (tertiary alicyclic amines) is 1. The fourth-order valence-corrected chi connectivity index (χ4v) is 10.1. The second-order valence-corrected chi connectivity index (χ2v) is 19.8. The Bertz CT molecular complexity index is 2480. The van der Waals surface area contributed by atoms with Gasteiger partial charge >= 0.3 is 5.97 Å². The van der Waals surface area contributed by atoms with Gasteiger partial charge in [-0.1, -0.05) is 57.7 Å². The van der Waals surface area contributed by atoms with E-state index in [-0.39, 0.29) is 68.1 Å². The first-order valence-electron chi connectivity index (χ1n) is 24.3. The maximum Gasteiger partial charge on any atom is 0.315 e. The number of Topliss-reactive ketones (excluding diaryl/α,β-unsaturated/α-hetero) is 1. The van der Waals surface area contributed by atoms with Crippen LogP contribution in [0.5, 0.6) is 17.2 Å². The van der Waals surface area contributed by atoms with E-state index in [0.717, 1.165) is 31.8 Å². The average Bonchev–Trinajstić information content (AvgIpc) is 3.82. The minimum Gasteiger partial charge on any atom is -0.507 e. The summed E-state index contributed by atoms with van der Waals surface area (Å²) in [7, 11) is 0. The topological polar surface area (TPSA) is 194 Å². The number of phenolic OH excluding ortho intramolecular Hbond substituents is 2. The van der Waals surface area contributed by atoms with Gasteiger partial charge in [-0.05, 0) is 76.7 Å². The number of nitrogens with one attached hydrogen (secondary N) is 1. The maximum absolute atomic E-state index is 14.6. The number of nitrogens with zero attached hydrogens (tertiary/aromatic N) is 5. The number of rotatable bonds is 8. The minimum absolute atomic E-state index is 0.000184. The fraction of sp³-hybridized carbons (Fsp3) is 0.577. The van der Waals surface area contributed by atoms with Crippen LogP contribution in [-0.2, 0) is 19.1 Å². The molecule has 4 atom stereocenters. The van der Waals surface area contributed by atoms with E-state index in [2.05, 4.69) is 40.5 Å². The Kier molecular flexibility index (Phi) is 15.7. The third-order valence-corrected chi connectivity index (χ3v) is 13.8. The molecule has 2 amide bonds. The fourth-order valence-electron chi connectivity index (χ4n) is 10.1. The lowest BCUT2D eigenvalue weighted by molar-refractivity contribution is -0.155. The first-order chi connectivity index (χ1) is 32.0. The van der Waals surface area contributed by atoms with Gasteiger partial charge < -0.3 is 39.9 Å². The number of amides is 2. The molecule has 15 nitrogen and oxygen atoms in total. The van der Waals surface area contributed by atoms with Gasteiger partial charge in [-0.2, -0.15) is 0 Å². The van der Waals surface area contributed by atoms with Crippen molar-refractivity contribution in [1.29, 1.82) is 0 Å². The number of aliphatic hydroxyl groups excluding tert-OH is 1. The van der Waals surface area contributed by atoms with Crippen LogP contribution in [0, 0.1) is 18.8 Å². The quantitative estimate of drug-likeness (QED) is 0.105. The van der Waals surface area contributed by atoms with Crippen molar-refractivity contribution < 1.29 is 44.0 Å². The van der Waals surface area contributed by atoms with Gasteiger partial charge in [0.25, 0.3) is 5.91 Å². The predicted octanol–water partition coefficient (Wildman–Crippen LogP) is 5.96. The van der Waals surface area contributed by atoms with Crippen LogP contribution in [0.25, 0.3) is 10.8 Å². The number of fused-ring (bicyclic) bond motifs is 13. The van der Waals surface area contributed by atoms with Gasteiger partial charge in [0.05, 0.1) is 22.7 Å². The van der Waals surface area contributed by atoms with Crippen molar-refractivity contribution in [1.82, 2.24) is 14.7 Å². The van der Waals surface area contributed by atoms with E-state index in [1.807, 2.05) is 32.1 Å². The van der Waals surface area contributed by atoms with Gasteiger partial charge in [0.1, 0.15) is 40.4 Å². The summed E-state index contributed by atoms with van der Waals surface area (Å²) in [5, 5.41) is 39.2. The van der Waals surface area contributed by atoms with Crippen molar-refractivity contribution in [3.05, 3.63) is 69.9 Å². The Morgan fingerprint density at radius 3 is 2.40 bits per heavy atom. The van der Waals surface area contributed by atoms with Crippen LogP contribution in [0.3, 0.4) is 0 Å². The smallest absolute Gasteiger partial charge is 0.315 e. The highest BCUT2D eigenvalue weighted by Crippen LogP contribution is 2.49. The number of hydrogen-bond acceptors (Lipinski definition) is 13. The Balaban J connectivity index is 1.15. The number of ketones is 1. The molecule has 0 unspecified atom stereocenters. The molecule has 2 fully saturated rings. The molecular weight excluding hydrogens is 853 g/mol. The van der Waals surface area contributed by atoms with Gasteiger partial charge in [-0.15, -0.1) is 0 Å². The highest BCUT2D eigenvalue weighted by molar-refractivity contribution is 6.21. The number of allylic oxidation sites excluding steroid dienone is 4. The van der Waals surface area contributed by atoms with Crippen LogP contribution in [0.2, 0.25) is 0 Å². The molecule has 6 heterocycles. The number of ether oxygens (including phenoxy) is 2. The monoisotopic (exact) mass is 923 g/mol. The van der Waals surface area contributed by atoms with Crippen molar-refractivity contribution in [3.63, 3.8) is 0 Å². The van der Waals surface area contributed by atoms with E-state index in [0.29, 0.717) is 94.7 Å². The predicted molar refractivity (Wildman–Crippen MR) is 257 cm³/mol. The number of anilines is 1. The zero-order valence-corrected chi connectivity index (χ0v) is 40.2. The van der Waals surface area contributed by atoms with E-state index < -0.39 is 48.0 Å². The molecule has 2 aromatic carbocycles. The summed E-state index contributed by atoms with van der Waals surface area (Å²) in [5.74, 6) is -1.82. The Morgan fingerprint density at radius 1 is 0.985 bits per heavy atom. The summed E-state index contributed by atoms with van der Waals surface area (Å²) in [6, 6.07) is 0. The Labute approximate surface area is 394 Å². The van der Waals surface area contributed by atoms with E-state index >= 15 is 0 Å². The molecule has 2 saturated heterocycles. The number of phenols is 2. The summed E-state index contributed by atoms with van der Waals surface area (Å²) in [5.41, 5.74) is 1.43. The number of aliphatic hydroxyl groups is 1. The van der Waals surface area contributed by atoms with Gasteiger partial charge in [0, 0.05) is 88.1 Å². The van der Waals surface area contributed by atoms with Crippen molar-refractivity contribution in [2.45, 2.75) is 130 Å². The van der Waals surface area contributed by atoms with E-state index in [1.165, 1.54) is 0 Å². The normalized spacial score (nSPS) is 25.5. The number of carbonyl (C=O) groups excluding carboxylic acids is 4. The van der Waals surface area contributed by atoms with Crippen LogP contribution in [0.4, 0.5) is 5.69 Å². The molecule has 6 aliphatic rings.